The van der Waals surface area contributed by atoms with Gasteiger partial charge in [0, 0.05) is 0 Å². The van der Waals surface area contributed by atoms with Crippen LogP contribution in [0.25, 0.3) is 0 Å². The van der Waals surface area contributed by atoms with Crippen LogP contribution < -0.4 is 5.32 Å². The normalized spacial score (nSPS) is 13.0. The van der Waals surface area contributed by atoms with Gasteiger partial charge in [0.1, 0.15) is 0 Å². The van der Waals surface area contributed by atoms with Crippen LogP contribution in [0.15, 0.2) is 36.4 Å². The van der Waals surface area contributed by atoms with Crippen molar-refractivity contribution < 1.29 is 14.3 Å². The zero-order valence-electron chi connectivity index (χ0n) is 14.1. The highest BCUT2D eigenvalue weighted by Gasteiger charge is 2.15. The molecule has 2 aromatic carbocycles. The monoisotopic (exact) mass is 357 g/mol. The Labute approximate surface area is 152 Å². The minimum Gasteiger partial charge on any atom is -0.452 e. The summed E-state index contributed by atoms with van der Waals surface area (Å²) in [6, 6.07) is 11.0. The van der Waals surface area contributed by atoms with E-state index in [4.69, 9.17) is 16.3 Å². The highest BCUT2D eigenvalue weighted by Crippen LogP contribution is 2.23. The third kappa shape index (κ3) is 4.40. The number of carbonyl (C=O) groups is 2. The van der Waals surface area contributed by atoms with Crippen LogP contribution in [-0.2, 0) is 22.4 Å². The molecular formula is C20H20ClNO3. The van der Waals surface area contributed by atoms with Gasteiger partial charge in [0.2, 0.25) is 0 Å². The maximum absolute atomic E-state index is 12.2. The van der Waals surface area contributed by atoms with Crippen molar-refractivity contribution in [1.82, 2.24) is 0 Å². The molecule has 0 bridgehead atoms. The summed E-state index contributed by atoms with van der Waals surface area (Å²) in [4.78, 5) is 24.1. The number of nitrogens with one attached hydrogen (secondary N) is 1. The van der Waals surface area contributed by atoms with Crippen molar-refractivity contribution in [3.05, 3.63) is 63.7 Å². The Balaban J connectivity index is 1.57. The Bertz CT molecular complexity index is 817. The fourth-order valence-corrected chi connectivity index (χ4v) is 3.26. The van der Waals surface area contributed by atoms with Crippen molar-refractivity contribution in [3.63, 3.8) is 0 Å². The van der Waals surface area contributed by atoms with Crippen molar-refractivity contribution in [2.75, 3.05) is 11.9 Å². The number of hydrogen-bond donors (Lipinski definition) is 1. The number of hydrogen-bond acceptors (Lipinski definition) is 3. The van der Waals surface area contributed by atoms with Gasteiger partial charge in [-0.2, -0.15) is 0 Å². The predicted molar refractivity (Wildman–Crippen MR) is 98.2 cm³/mol. The van der Waals surface area contributed by atoms with Crippen molar-refractivity contribution in [3.8, 4) is 0 Å². The van der Waals surface area contributed by atoms with Crippen LogP contribution in [0.3, 0.4) is 0 Å². The molecule has 0 fully saturated rings. The number of fused-ring (bicyclic) bond motifs is 1. The lowest BCUT2D eigenvalue weighted by atomic mass is 9.90. The minimum absolute atomic E-state index is 0.347. The van der Waals surface area contributed by atoms with Gasteiger partial charge in [-0.1, -0.05) is 23.7 Å². The number of aryl methyl sites for hydroxylation is 3. The Morgan fingerprint density at radius 2 is 1.84 bits per heavy atom. The van der Waals surface area contributed by atoms with E-state index in [2.05, 4.69) is 5.32 Å². The minimum atomic E-state index is -0.487. The van der Waals surface area contributed by atoms with Gasteiger partial charge >= 0.3 is 5.97 Å². The summed E-state index contributed by atoms with van der Waals surface area (Å²) in [5.41, 5.74) is 4.50. The van der Waals surface area contributed by atoms with Gasteiger partial charge in [0.05, 0.1) is 16.3 Å². The standard InChI is InChI=1S/C20H20ClNO3/c1-13-6-9-18(17(21)10-13)22-19(23)12-25-20(24)16-8-7-14-4-2-3-5-15(14)11-16/h6-11H,2-5,12H2,1H3,(H,22,23). The van der Waals surface area contributed by atoms with E-state index in [0.29, 0.717) is 16.3 Å². The Morgan fingerprint density at radius 1 is 1.08 bits per heavy atom. The summed E-state index contributed by atoms with van der Waals surface area (Å²) in [5.74, 6) is -0.907. The molecule has 0 aromatic heterocycles. The molecule has 0 saturated carbocycles. The van der Waals surface area contributed by atoms with Gasteiger partial charge in [-0.15, -0.1) is 0 Å². The molecule has 0 radical (unpaired) electrons. The summed E-state index contributed by atoms with van der Waals surface area (Å²) < 4.78 is 5.12. The largest absolute Gasteiger partial charge is 0.452 e. The lowest BCUT2D eigenvalue weighted by molar-refractivity contribution is -0.119. The van der Waals surface area contributed by atoms with Crippen molar-refractivity contribution in [2.24, 2.45) is 0 Å². The molecule has 5 heteroatoms. The first-order valence-electron chi connectivity index (χ1n) is 8.38. The van der Waals surface area contributed by atoms with Crippen LogP contribution in [0.1, 0.15) is 39.9 Å². The molecule has 0 unspecified atom stereocenters. The second-order valence-electron chi connectivity index (χ2n) is 6.30. The van der Waals surface area contributed by atoms with Gasteiger partial charge in [-0.05, 0) is 73.6 Å². The van der Waals surface area contributed by atoms with E-state index in [-0.39, 0.29) is 6.61 Å². The van der Waals surface area contributed by atoms with E-state index in [1.54, 1.807) is 18.2 Å². The van der Waals surface area contributed by atoms with Crippen LogP contribution in [0.2, 0.25) is 5.02 Å². The van der Waals surface area contributed by atoms with Crippen LogP contribution >= 0.6 is 11.6 Å². The Kier molecular flexibility index (Phi) is 5.39. The molecule has 1 amide bonds. The third-order valence-electron chi connectivity index (χ3n) is 4.32. The Morgan fingerprint density at radius 3 is 2.60 bits per heavy atom. The van der Waals surface area contributed by atoms with Gasteiger partial charge in [0.25, 0.3) is 5.91 Å². The quantitative estimate of drug-likeness (QED) is 0.829. The first-order chi connectivity index (χ1) is 12.0. The number of carbonyl (C=O) groups excluding carboxylic acids is 2. The van der Waals surface area contributed by atoms with Crippen LogP contribution in [0.5, 0.6) is 0 Å². The number of halogens is 1. The summed E-state index contributed by atoms with van der Waals surface area (Å²) in [5, 5.41) is 3.10. The molecule has 25 heavy (non-hydrogen) atoms. The fourth-order valence-electron chi connectivity index (χ4n) is 2.98. The average Bonchev–Trinajstić information content (AvgIpc) is 2.61. The number of amides is 1. The van der Waals surface area contributed by atoms with Crippen molar-refractivity contribution in [2.45, 2.75) is 32.6 Å². The van der Waals surface area contributed by atoms with E-state index >= 15 is 0 Å². The summed E-state index contributed by atoms with van der Waals surface area (Å²) in [6.45, 7) is 1.57. The van der Waals surface area contributed by atoms with Crippen LogP contribution in [-0.4, -0.2) is 18.5 Å². The number of esters is 1. The lowest BCUT2D eigenvalue weighted by Crippen LogP contribution is -2.21. The molecule has 0 saturated heterocycles. The highest BCUT2D eigenvalue weighted by atomic mass is 35.5. The molecule has 2 aromatic rings. The molecule has 1 aliphatic rings. The molecule has 4 nitrogen and oxygen atoms in total. The molecular weight excluding hydrogens is 338 g/mol. The molecule has 0 heterocycles. The van der Waals surface area contributed by atoms with Crippen molar-refractivity contribution in [1.29, 1.82) is 0 Å². The van der Waals surface area contributed by atoms with Crippen molar-refractivity contribution >= 4 is 29.2 Å². The number of ether oxygens (including phenoxy) is 1. The van der Waals surface area contributed by atoms with E-state index in [1.807, 2.05) is 25.1 Å². The van der Waals surface area contributed by atoms with E-state index in [9.17, 15) is 9.59 Å². The molecule has 0 aliphatic heterocycles. The van der Waals surface area contributed by atoms with Gasteiger partial charge in [0.15, 0.2) is 6.61 Å². The molecule has 3 rings (SSSR count). The van der Waals surface area contributed by atoms with E-state index in [1.165, 1.54) is 17.5 Å². The Hall–Kier alpha value is -2.33. The zero-order chi connectivity index (χ0) is 17.8. The van der Waals surface area contributed by atoms with Gasteiger partial charge in [-0.25, -0.2) is 4.79 Å². The number of rotatable bonds is 4. The highest BCUT2D eigenvalue weighted by molar-refractivity contribution is 6.33. The van der Waals surface area contributed by atoms with Gasteiger partial charge in [-0.3, -0.25) is 4.79 Å². The molecule has 0 spiro atoms. The average molecular weight is 358 g/mol. The topological polar surface area (TPSA) is 55.4 Å². The SMILES string of the molecule is Cc1ccc(NC(=O)COC(=O)c2ccc3c(c2)CCCC3)c(Cl)c1. The summed E-state index contributed by atoms with van der Waals surface area (Å²) in [7, 11) is 0. The maximum Gasteiger partial charge on any atom is 0.338 e. The van der Waals surface area contributed by atoms with Gasteiger partial charge < -0.3 is 10.1 Å². The molecule has 0 atom stereocenters. The number of benzene rings is 2. The lowest BCUT2D eigenvalue weighted by Gasteiger charge is -2.16. The summed E-state index contributed by atoms with van der Waals surface area (Å²) >= 11 is 6.08. The zero-order valence-corrected chi connectivity index (χ0v) is 14.9. The van der Waals surface area contributed by atoms with E-state index < -0.39 is 11.9 Å². The summed E-state index contributed by atoms with van der Waals surface area (Å²) in [6.07, 6.45) is 4.39. The van der Waals surface area contributed by atoms with E-state index in [0.717, 1.165) is 24.8 Å². The predicted octanol–water partition coefficient (Wildman–Crippen LogP) is 4.32. The number of anilines is 1. The molecule has 130 valence electrons. The first-order valence-corrected chi connectivity index (χ1v) is 8.75. The van der Waals surface area contributed by atoms with Crippen LogP contribution in [0, 0.1) is 6.92 Å². The van der Waals surface area contributed by atoms with Crippen LogP contribution in [0.4, 0.5) is 5.69 Å². The second-order valence-corrected chi connectivity index (χ2v) is 6.71. The molecule has 1 N–H and O–H groups in total. The first kappa shape index (κ1) is 17.5. The fraction of sp³-hybridized carbons (Fsp3) is 0.300. The second kappa shape index (κ2) is 7.70. The third-order valence-corrected chi connectivity index (χ3v) is 4.63. The maximum atomic E-state index is 12.2. The molecule has 1 aliphatic carbocycles. The smallest absolute Gasteiger partial charge is 0.338 e.